The molecule has 0 amide bonds. The normalized spacial score (nSPS) is 14.7. The summed E-state index contributed by atoms with van der Waals surface area (Å²) in [5.41, 5.74) is 0.919. The van der Waals surface area contributed by atoms with Gasteiger partial charge in [-0.25, -0.2) is 0 Å². The smallest absolute Gasteiger partial charge is 0.0537 e. The minimum atomic E-state index is -0.243. The van der Waals surface area contributed by atoms with Crippen molar-refractivity contribution in [3.05, 3.63) is 35.9 Å². The molecule has 3 heteroatoms. The number of likely N-dealkylation sites (N-methyl/N-ethyl adjacent to an activating group) is 1. The van der Waals surface area contributed by atoms with Gasteiger partial charge >= 0.3 is 0 Å². The maximum absolute atomic E-state index is 9.73. The van der Waals surface area contributed by atoms with E-state index in [1.54, 1.807) is 0 Å². The highest BCUT2D eigenvalue weighted by Gasteiger charge is 2.27. The van der Waals surface area contributed by atoms with Crippen LogP contribution in [0.2, 0.25) is 0 Å². The summed E-state index contributed by atoms with van der Waals surface area (Å²) in [5, 5.41) is 18.6. The minimum absolute atomic E-state index is 0.132. The number of rotatable bonds is 8. The maximum atomic E-state index is 9.73. The third-order valence-electron chi connectivity index (χ3n) is 3.47. The fourth-order valence-electron chi connectivity index (χ4n) is 2.21. The lowest BCUT2D eigenvalue weighted by Crippen LogP contribution is -2.42. The van der Waals surface area contributed by atoms with Gasteiger partial charge in [-0.3, -0.25) is 0 Å². The second kappa shape index (κ2) is 7.52. The summed E-state index contributed by atoms with van der Waals surface area (Å²) >= 11 is 0. The van der Waals surface area contributed by atoms with Crippen molar-refractivity contribution in [2.75, 3.05) is 32.8 Å². The zero-order valence-corrected chi connectivity index (χ0v) is 11.5. The first-order valence-corrected chi connectivity index (χ1v) is 6.66. The second-order valence-corrected chi connectivity index (χ2v) is 5.03. The van der Waals surface area contributed by atoms with E-state index < -0.39 is 0 Å². The first-order valence-electron chi connectivity index (χ1n) is 6.66. The van der Waals surface area contributed by atoms with Gasteiger partial charge in [0.15, 0.2) is 0 Å². The molecule has 0 radical (unpaired) electrons. The Hall–Kier alpha value is -0.900. The molecular weight excluding hydrogens is 226 g/mol. The Morgan fingerprint density at radius 1 is 1.17 bits per heavy atom. The van der Waals surface area contributed by atoms with Gasteiger partial charge in [-0.1, -0.05) is 44.2 Å². The van der Waals surface area contributed by atoms with Crippen molar-refractivity contribution in [2.45, 2.75) is 25.7 Å². The Kier molecular flexibility index (Phi) is 6.33. The van der Waals surface area contributed by atoms with Gasteiger partial charge in [0.05, 0.1) is 6.61 Å². The van der Waals surface area contributed by atoms with Crippen molar-refractivity contribution in [2.24, 2.45) is 0 Å². The van der Waals surface area contributed by atoms with Gasteiger partial charge < -0.3 is 15.1 Å². The Morgan fingerprint density at radius 2 is 1.83 bits per heavy atom. The van der Waals surface area contributed by atoms with Crippen LogP contribution >= 0.6 is 0 Å². The molecule has 1 aromatic rings. The second-order valence-electron chi connectivity index (χ2n) is 5.03. The van der Waals surface area contributed by atoms with Gasteiger partial charge in [0, 0.05) is 25.1 Å². The third-order valence-corrected chi connectivity index (χ3v) is 3.47. The van der Waals surface area contributed by atoms with E-state index in [4.69, 9.17) is 5.11 Å². The topological polar surface area (TPSA) is 43.7 Å². The molecule has 0 spiro atoms. The van der Waals surface area contributed by atoms with E-state index in [2.05, 4.69) is 30.9 Å². The number of aliphatic hydroxyl groups excluding tert-OH is 2. The molecule has 2 N–H and O–H groups in total. The molecule has 0 heterocycles. The molecule has 18 heavy (non-hydrogen) atoms. The largest absolute Gasteiger partial charge is 0.396 e. The van der Waals surface area contributed by atoms with Crippen molar-refractivity contribution >= 4 is 0 Å². The standard InChI is InChI=1S/C15H25NO2/c1-3-16(10-7-11-17)12-15(2,13-18)14-8-5-4-6-9-14/h4-6,8-9,17-18H,3,7,10-13H2,1-2H3. The summed E-state index contributed by atoms with van der Waals surface area (Å²) in [4.78, 5) is 2.28. The number of benzene rings is 1. The van der Waals surface area contributed by atoms with Crippen LogP contribution in [-0.4, -0.2) is 48.0 Å². The molecule has 0 bridgehead atoms. The lowest BCUT2D eigenvalue weighted by Gasteiger charge is -2.34. The summed E-state index contributed by atoms with van der Waals surface area (Å²) in [5.74, 6) is 0. The van der Waals surface area contributed by atoms with Crippen LogP contribution in [0.5, 0.6) is 0 Å². The molecule has 0 aliphatic heterocycles. The molecule has 1 aromatic carbocycles. The fourth-order valence-corrected chi connectivity index (χ4v) is 2.21. The highest BCUT2D eigenvalue weighted by molar-refractivity contribution is 5.25. The average molecular weight is 251 g/mol. The van der Waals surface area contributed by atoms with Crippen LogP contribution in [0.1, 0.15) is 25.8 Å². The molecule has 0 aliphatic carbocycles. The van der Waals surface area contributed by atoms with Crippen LogP contribution in [0.4, 0.5) is 0 Å². The summed E-state index contributed by atoms with van der Waals surface area (Å²) in [6.45, 7) is 7.16. The number of aliphatic hydroxyl groups is 2. The number of nitrogens with zero attached hydrogens (tertiary/aromatic N) is 1. The highest BCUT2D eigenvalue weighted by atomic mass is 16.3. The summed E-state index contributed by atoms with van der Waals surface area (Å²) < 4.78 is 0. The fraction of sp³-hybridized carbons (Fsp3) is 0.600. The van der Waals surface area contributed by atoms with Crippen molar-refractivity contribution in [3.8, 4) is 0 Å². The zero-order chi connectivity index (χ0) is 13.4. The third kappa shape index (κ3) is 4.09. The van der Waals surface area contributed by atoms with Crippen molar-refractivity contribution in [3.63, 3.8) is 0 Å². The monoisotopic (exact) mass is 251 g/mol. The molecule has 102 valence electrons. The van der Waals surface area contributed by atoms with Crippen LogP contribution in [0.15, 0.2) is 30.3 Å². The molecular formula is C15H25NO2. The van der Waals surface area contributed by atoms with Gasteiger partial charge in [-0.15, -0.1) is 0 Å². The molecule has 0 aliphatic rings. The molecule has 1 rings (SSSR count). The highest BCUT2D eigenvalue weighted by Crippen LogP contribution is 2.24. The predicted octanol–water partition coefficient (Wildman–Crippen LogP) is 1.64. The Bertz CT molecular complexity index is 329. The van der Waals surface area contributed by atoms with E-state index in [0.29, 0.717) is 0 Å². The van der Waals surface area contributed by atoms with Crippen LogP contribution in [-0.2, 0) is 5.41 Å². The van der Waals surface area contributed by atoms with Crippen molar-refractivity contribution < 1.29 is 10.2 Å². The average Bonchev–Trinajstić information content (AvgIpc) is 2.44. The molecule has 3 nitrogen and oxygen atoms in total. The zero-order valence-electron chi connectivity index (χ0n) is 11.5. The Morgan fingerprint density at radius 3 is 2.33 bits per heavy atom. The van der Waals surface area contributed by atoms with E-state index in [1.165, 1.54) is 0 Å². The van der Waals surface area contributed by atoms with E-state index in [0.717, 1.165) is 31.6 Å². The Labute approximate surface area is 110 Å². The van der Waals surface area contributed by atoms with Crippen LogP contribution in [0, 0.1) is 0 Å². The van der Waals surface area contributed by atoms with Crippen molar-refractivity contribution in [1.82, 2.24) is 4.90 Å². The molecule has 1 unspecified atom stereocenters. The lowest BCUT2D eigenvalue weighted by molar-refractivity contribution is 0.140. The van der Waals surface area contributed by atoms with E-state index in [9.17, 15) is 5.11 Å². The molecule has 0 aromatic heterocycles. The Balaban J connectivity index is 2.75. The van der Waals surface area contributed by atoms with Crippen LogP contribution in [0.25, 0.3) is 0 Å². The number of hydrogen-bond donors (Lipinski definition) is 2. The summed E-state index contributed by atoms with van der Waals surface area (Å²) in [6.07, 6.45) is 0.782. The molecule has 0 saturated heterocycles. The van der Waals surface area contributed by atoms with E-state index >= 15 is 0 Å². The predicted molar refractivity (Wildman–Crippen MR) is 74.7 cm³/mol. The first kappa shape index (κ1) is 15.2. The van der Waals surface area contributed by atoms with Gasteiger partial charge in [-0.2, -0.15) is 0 Å². The molecule has 0 saturated carbocycles. The molecule has 1 atom stereocenters. The van der Waals surface area contributed by atoms with E-state index in [1.807, 2.05) is 18.2 Å². The van der Waals surface area contributed by atoms with Gasteiger partial charge in [0.1, 0.15) is 0 Å². The molecule has 0 fully saturated rings. The quantitative estimate of drug-likeness (QED) is 0.738. The van der Waals surface area contributed by atoms with Gasteiger partial charge in [0.2, 0.25) is 0 Å². The minimum Gasteiger partial charge on any atom is -0.396 e. The van der Waals surface area contributed by atoms with Crippen LogP contribution < -0.4 is 0 Å². The van der Waals surface area contributed by atoms with Crippen LogP contribution in [0.3, 0.4) is 0 Å². The summed E-state index contributed by atoms with van der Waals surface area (Å²) in [6, 6.07) is 10.1. The van der Waals surface area contributed by atoms with E-state index in [-0.39, 0.29) is 18.6 Å². The number of hydrogen-bond acceptors (Lipinski definition) is 3. The summed E-state index contributed by atoms with van der Waals surface area (Å²) in [7, 11) is 0. The first-order chi connectivity index (χ1) is 8.66. The van der Waals surface area contributed by atoms with Crippen molar-refractivity contribution in [1.29, 1.82) is 0 Å². The van der Waals surface area contributed by atoms with Gasteiger partial charge in [-0.05, 0) is 18.5 Å². The maximum Gasteiger partial charge on any atom is 0.0537 e. The lowest BCUT2D eigenvalue weighted by atomic mass is 9.82. The SMILES string of the molecule is CCN(CCCO)CC(C)(CO)c1ccccc1. The van der Waals surface area contributed by atoms with Gasteiger partial charge in [0.25, 0.3) is 0 Å².